The van der Waals surface area contributed by atoms with Crippen molar-refractivity contribution >= 4 is 10.0 Å². The normalized spacial score (nSPS) is 13.9. The van der Waals surface area contributed by atoms with Gasteiger partial charge in [0.15, 0.2) is 0 Å². The molecule has 0 aromatic heterocycles. The maximum absolute atomic E-state index is 13.4. The van der Waals surface area contributed by atoms with Gasteiger partial charge in [-0.05, 0) is 28.8 Å². The van der Waals surface area contributed by atoms with Gasteiger partial charge in [0.2, 0.25) is 10.0 Å². The van der Waals surface area contributed by atoms with Crippen LogP contribution in [0.2, 0.25) is 0 Å². The Morgan fingerprint density at radius 2 is 1.44 bits per heavy atom. The van der Waals surface area contributed by atoms with Gasteiger partial charge in [-0.3, -0.25) is 0 Å². The number of hydrogen-bond donors (Lipinski definition) is 2. The van der Waals surface area contributed by atoms with Gasteiger partial charge in [0.05, 0.1) is 17.8 Å². The summed E-state index contributed by atoms with van der Waals surface area (Å²) in [6, 6.07) is 22.9. The fourth-order valence-electron chi connectivity index (χ4n) is 2.96. The Labute approximate surface area is 158 Å². The minimum absolute atomic E-state index is 0.324. The molecule has 2 atom stereocenters. The van der Waals surface area contributed by atoms with E-state index in [1.54, 1.807) is 6.07 Å². The summed E-state index contributed by atoms with van der Waals surface area (Å²) in [6.07, 6.45) is 0. The molecule has 0 heterocycles. The number of rotatable bonds is 7. The summed E-state index contributed by atoms with van der Waals surface area (Å²) in [5.74, 6) is -0.793. The Bertz CT molecular complexity index is 979. The lowest BCUT2D eigenvalue weighted by Crippen LogP contribution is -2.36. The highest BCUT2D eigenvalue weighted by atomic mass is 32.2. The Morgan fingerprint density at radius 1 is 0.852 bits per heavy atom. The summed E-state index contributed by atoms with van der Waals surface area (Å²) in [5, 5.41) is 0. The summed E-state index contributed by atoms with van der Waals surface area (Å²) in [7, 11) is -3.75. The first-order chi connectivity index (χ1) is 12.9. The van der Waals surface area contributed by atoms with E-state index in [1.807, 2.05) is 60.7 Å². The summed E-state index contributed by atoms with van der Waals surface area (Å²) >= 11 is 0. The molecule has 0 aliphatic rings. The molecule has 0 radical (unpaired) electrons. The maximum atomic E-state index is 13.4. The zero-order valence-electron chi connectivity index (χ0n) is 14.6. The predicted octanol–water partition coefficient (Wildman–Crippen LogP) is 3.69. The fraction of sp³-hybridized carbons (Fsp3) is 0.143. The van der Waals surface area contributed by atoms with E-state index in [9.17, 15) is 12.8 Å². The zero-order valence-corrected chi connectivity index (χ0v) is 15.4. The van der Waals surface area contributed by atoms with Crippen molar-refractivity contribution in [2.24, 2.45) is 5.73 Å². The first-order valence-electron chi connectivity index (χ1n) is 8.54. The molecule has 4 nitrogen and oxygen atoms in total. The topological polar surface area (TPSA) is 72.2 Å². The van der Waals surface area contributed by atoms with Crippen LogP contribution in [0.25, 0.3) is 0 Å². The van der Waals surface area contributed by atoms with Gasteiger partial charge in [-0.1, -0.05) is 72.8 Å². The van der Waals surface area contributed by atoms with E-state index < -0.39 is 27.9 Å². The molecule has 140 valence electrons. The highest BCUT2D eigenvalue weighted by molar-refractivity contribution is 7.88. The van der Waals surface area contributed by atoms with Gasteiger partial charge >= 0.3 is 0 Å². The molecule has 0 bridgehead atoms. The molecule has 6 heteroatoms. The molecular formula is C21H21FN2O2S. The van der Waals surface area contributed by atoms with Crippen LogP contribution in [0.3, 0.4) is 0 Å². The Hall–Kier alpha value is -2.54. The third kappa shape index (κ3) is 5.23. The highest BCUT2D eigenvalue weighted by Crippen LogP contribution is 2.28. The van der Waals surface area contributed by atoms with Crippen LogP contribution in [0, 0.1) is 5.82 Å². The average molecular weight is 384 g/mol. The molecule has 0 aliphatic heterocycles. The Morgan fingerprint density at radius 3 is 2.04 bits per heavy atom. The SMILES string of the molecule is NC(c1ccccc1)C(NS(=O)(=O)Cc1cccc(F)c1)c1ccccc1. The van der Waals surface area contributed by atoms with Crippen LogP contribution in [0.15, 0.2) is 84.9 Å². The molecule has 3 rings (SSSR count). The third-order valence-electron chi connectivity index (χ3n) is 4.25. The number of benzene rings is 3. The summed E-state index contributed by atoms with van der Waals surface area (Å²) < 4.78 is 41.6. The van der Waals surface area contributed by atoms with E-state index in [0.29, 0.717) is 5.56 Å². The van der Waals surface area contributed by atoms with Crippen molar-refractivity contribution in [3.05, 3.63) is 107 Å². The van der Waals surface area contributed by atoms with Crippen molar-refractivity contribution in [1.29, 1.82) is 0 Å². The highest BCUT2D eigenvalue weighted by Gasteiger charge is 2.26. The minimum atomic E-state index is -3.75. The molecule has 0 saturated carbocycles. The Balaban J connectivity index is 1.89. The van der Waals surface area contributed by atoms with Crippen molar-refractivity contribution in [2.45, 2.75) is 17.8 Å². The van der Waals surface area contributed by atoms with E-state index in [-0.39, 0.29) is 5.75 Å². The van der Waals surface area contributed by atoms with Gasteiger partial charge in [0.25, 0.3) is 0 Å². The van der Waals surface area contributed by atoms with Gasteiger partial charge in [0.1, 0.15) is 5.82 Å². The Kier molecular flexibility index (Phi) is 6.01. The molecule has 3 N–H and O–H groups in total. The van der Waals surface area contributed by atoms with Crippen molar-refractivity contribution in [1.82, 2.24) is 4.72 Å². The van der Waals surface area contributed by atoms with Crippen LogP contribution in [0.1, 0.15) is 28.8 Å². The molecule has 3 aromatic rings. The molecular weight excluding hydrogens is 363 g/mol. The van der Waals surface area contributed by atoms with Crippen molar-refractivity contribution in [3.63, 3.8) is 0 Å². The lowest BCUT2D eigenvalue weighted by Gasteiger charge is -2.26. The second-order valence-corrected chi connectivity index (χ2v) is 8.09. The lowest BCUT2D eigenvalue weighted by molar-refractivity contribution is 0.503. The van der Waals surface area contributed by atoms with E-state index >= 15 is 0 Å². The van der Waals surface area contributed by atoms with Crippen LogP contribution in [0.4, 0.5) is 4.39 Å². The zero-order chi connectivity index (χ0) is 19.3. The fourth-order valence-corrected chi connectivity index (χ4v) is 4.33. The number of hydrogen-bond acceptors (Lipinski definition) is 3. The molecule has 0 spiro atoms. The quantitative estimate of drug-likeness (QED) is 0.653. The van der Waals surface area contributed by atoms with E-state index in [2.05, 4.69) is 4.72 Å². The number of halogens is 1. The van der Waals surface area contributed by atoms with Gasteiger partial charge in [0, 0.05) is 0 Å². The molecule has 0 saturated heterocycles. The third-order valence-corrected chi connectivity index (χ3v) is 5.58. The molecule has 3 aromatic carbocycles. The van der Waals surface area contributed by atoms with Crippen LogP contribution < -0.4 is 10.5 Å². The molecule has 0 aliphatic carbocycles. The first kappa shape index (κ1) is 19.2. The second kappa shape index (κ2) is 8.43. The van der Waals surface area contributed by atoms with Crippen molar-refractivity contribution < 1.29 is 12.8 Å². The van der Waals surface area contributed by atoms with Gasteiger partial charge in [-0.15, -0.1) is 0 Å². The average Bonchev–Trinajstić information content (AvgIpc) is 2.67. The van der Waals surface area contributed by atoms with E-state index in [0.717, 1.165) is 11.1 Å². The molecule has 2 unspecified atom stereocenters. The van der Waals surface area contributed by atoms with Crippen LogP contribution in [-0.2, 0) is 15.8 Å². The molecule has 0 amide bonds. The first-order valence-corrected chi connectivity index (χ1v) is 10.2. The number of sulfonamides is 1. The van der Waals surface area contributed by atoms with Gasteiger partial charge < -0.3 is 5.73 Å². The van der Waals surface area contributed by atoms with Gasteiger partial charge in [-0.2, -0.15) is 0 Å². The largest absolute Gasteiger partial charge is 0.322 e. The van der Waals surface area contributed by atoms with Crippen LogP contribution in [-0.4, -0.2) is 8.42 Å². The van der Waals surface area contributed by atoms with Crippen LogP contribution in [0.5, 0.6) is 0 Å². The van der Waals surface area contributed by atoms with Crippen molar-refractivity contribution in [2.75, 3.05) is 0 Å². The number of nitrogens with one attached hydrogen (secondary N) is 1. The summed E-state index contributed by atoms with van der Waals surface area (Å²) in [6.45, 7) is 0. The summed E-state index contributed by atoms with van der Waals surface area (Å²) in [4.78, 5) is 0. The van der Waals surface area contributed by atoms with Gasteiger partial charge in [-0.25, -0.2) is 17.5 Å². The minimum Gasteiger partial charge on any atom is -0.322 e. The molecule has 27 heavy (non-hydrogen) atoms. The lowest BCUT2D eigenvalue weighted by atomic mass is 9.95. The smallest absolute Gasteiger partial charge is 0.216 e. The maximum Gasteiger partial charge on any atom is 0.216 e. The van der Waals surface area contributed by atoms with E-state index in [4.69, 9.17) is 5.73 Å². The monoisotopic (exact) mass is 384 g/mol. The second-order valence-electron chi connectivity index (χ2n) is 6.33. The van der Waals surface area contributed by atoms with E-state index in [1.165, 1.54) is 18.2 Å². The predicted molar refractivity (Wildman–Crippen MR) is 105 cm³/mol. The molecule has 0 fully saturated rings. The standard InChI is InChI=1S/C21H21FN2O2S/c22-19-13-7-8-16(14-19)15-27(25,26)24-21(18-11-5-2-6-12-18)20(23)17-9-3-1-4-10-17/h1-14,20-21,24H,15,23H2. The van der Waals surface area contributed by atoms with Crippen LogP contribution >= 0.6 is 0 Å². The number of nitrogens with two attached hydrogens (primary N) is 1. The summed E-state index contributed by atoms with van der Waals surface area (Å²) in [5.41, 5.74) is 8.37. The van der Waals surface area contributed by atoms with Crippen molar-refractivity contribution in [3.8, 4) is 0 Å².